The Labute approximate surface area is 528 Å². The first-order valence-corrected chi connectivity index (χ1v) is 24.5. The van der Waals surface area contributed by atoms with Crippen molar-refractivity contribution in [2.75, 3.05) is 26.2 Å². The van der Waals surface area contributed by atoms with Crippen molar-refractivity contribution >= 4 is 66.7 Å². The maximum absolute atomic E-state index is 12.9. The van der Waals surface area contributed by atoms with Crippen molar-refractivity contribution in [1.82, 2.24) is 40.6 Å². The van der Waals surface area contributed by atoms with E-state index in [1.165, 1.54) is 57.2 Å². The number of esters is 2. The van der Waals surface area contributed by atoms with E-state index < -0.39 is 95.7 Å². The van der Waals surface area contributed by atoms with Crippen molar-refractivity contribution in [2.24, 2.45) is 5.73 Å². The van der Waals surface area contributed by atoms with Crippen LogP contribution in [0.3, 0.4) is 0 Å². The van der Waals surface area contributed by atoms with Crippen LogP contribution in [-0.2, 0) is 62.1 Å². The van der Waals surface area contributed by atoms with Gasteiger partial charge in [-0.2, -0.15) is 68.1 Å². The number of thiol groups is 1. The number of nitrogens with zero attached hydrogens (tertiary/aromatic N) is 6. The molecular formula is C54H45F16N10NaO6S2. The molecule has 9 rings (SSSR count). The maximum atomic E-state index is 12.9. The topological polar surface area (TPSA) is 246 Å². The summed E-state index contributed by atoms with van der Waals surface area (Å²) in [6.45, 7) is 4.61. The van der Waals surface area contributed by atoms with Gasteiger partial charge in [-0.05, 0) is 135 Å². The summed E-state index contributed by atoms with van der Waals surface area (Å²) in [5, 5.41) is 31.9. The molecule has 0 saturated carbocycles. The fourth-order valence-electron chi connectivity index (χ4n) is 6.90. The number of carbonyl (C=O) groups excluding carboxylic acids is 3. The molecule has 0 aliphatic carbocycles. The van der Waals surface area contributed by atoms with Crippen LogP contribution >= 0.6 is 12.2 Å². The smallest absolute Gasteiger partial charge is 0.813 e. The number of aromatic nitrogens is 6. The van der Waals surface area contributed by atoms with Gasteiger partial charge in [0.2, 0.25) is 5.91 Å². The van der Waals surface area contributed by atoms with E-state index in [1.807, 2.05) is 0 Å². The summed E-state index contributed by atoms with van der Waals surface area (Å²) in [6, 6.07) is 15.4. The molecule has 0 bridgehead atoms. The molecule has 89 heavy (non-hydrogen) atoms. The summed E-state index contributed by atoms with van der Waals surface area (Å²) in [7, 11) is 0. The van der Waals surface area contributed by atoms with Gasteiger partial charge in [0.05, 0.1) is 60.1 Å². The molecule has 3 aliphatic heterocycles. The molecule has 4 aromatic carbocycles. The number of halogens is 16. The molecule has 0 atom stereocenters. The molecular weight excluding hydrogens is 1280 g/mol. The van der Waals surface area contributed by atoms with Gasteiger partial charge in [-0.1, -0.05) is 12.2 Å². The Kier molecular flexibility index (Phi) is 27.7. The molecule has 6 aromatic rings. The van der Waals surface area contributed by atoms with Crippen molar-refractivity contribution in [3.05, 3.63) is 164 Å². The number of alkyl halides is 16. The Morgan fingerprint density at radius 1 is 0.629 bits per heavy atom. The Balaban J connectivity index is 0.000000385. The van der Waals surface area contributed by atoms with E-state index in [9.17, 15) is 89.4 Å². The molecule has 5 heterocycles. The third kappa shape index (κ3) is 26.0. The standard InChI is InChI=1S/C16H13F5N4O.C13H10F3N3O2.C9H8F3NS.C9H6F3N.C4H2O3.C3H5F2N.Na.H2S/c1-9-4-10(6-11(5-9)16(19,20)21)14-22-12(23-24-14)2-3-13(26)25-7-15(17,18)8-25;1-7-4-8(6-9(5-7)13(14,15)16)12-17-10(18-19-12)2-3-11(20)21;1-5-2-6(8(13)14)4-7(3-5)9(10,11)12;1-6-2-7(5-13)4-8(3-6)9(10,11)12;5-3-1-2-4(6)7-3;4-3(5)1-6-2-3;;/h2-6H,7-8H2,1H3,(H,22,23,24);2-6H,1H3,(H,20,21)(H,17,18,19);2-4H,1H3,(H2,13,14);2-4H,1H3;1-2H;6H,1-2H2;;1H2/q;;;;;;+1;/p-1/b2*3-2-;;;;;;. The van der Waals surface area contributed by atoms with Crippen molar-refractivity contribution < 1.29 is 129 Å². The first-order chi connectivity index (χ1) is 40.0. The van der Waals surface area contributed by atoms with Gasteiger partial charge in [0, 0.05) is 41.0 Å². The zero-order valence-corrected chi connectivity index (χ0v) is 50.1. The summed E-state index contributed by atoms with van der Waals surface area (Å²) < 4.78 is 203. The third-order valence-corrected chi connectivity index (χ3v) is 11.0. The van der Waals surface area contributed by atoms with Crippen molar-refractivity contribution in [1.29, 1.82) is 5.26 Å². The molecule has 35 heteroatoms. The normalized spacial score (nSPS) is 14.5. The number of nitrogens with two attached hydrogens (primary N) is 1. The van der Waals surface area contributed by atoms with Gasteiger partial charge in [-0.15, -0.1) is 0 Å². The van der Waals surface area contributed by atoms with Gasteiger partial charge in [0.25, 0.3) is 11.8 Å². The van der Waals surface area contributed by atoms with E-state index in [2.05, 4.69) is 52.6 Å². The van der Waals surface area contributed by atoms with Crippen molar-refractivity contribution in [2.45, 2.75) is 64.2 Å². The molecule has 2 aromatic heterocycles. The number of carboxylic acid groups (broad SMARTS) is 1. The number of benzene rings is 4. The summed E-state index contributed by atoms with van der Waals surface area (Å²) >= 11 is 4.61. The minimum absolute atomic E-state index is 0. The Morgan fingerprint density at radius 2 is 1.00 bits per heavy atom. The fraction of sp³-hybridized carbons (Fsp3) is 0.259. The number of hydrogen-bond acceptors (Lipinski definition) is 13. The third-order valence-electron chi connectivity index (χ3n) is 10.8. The SMILES string of the molecule is Cc1cc(-c2n[nH]c(/C=C\C(=O)N3CC(F)(F)C3)n2)cc(C(F)(F)F)c1.Cc1cc(-c2n[nH]c(/C=C\C(=O)O)n2)cc(C(F)(F)F)c1.Cc1cc(C#N)cc(C(F)(F)F)c1.Cc1cc(C(N)=S)cc(C(F)(F)F)c1.FC1(F)CNC1.O=C1C=CC(=O)O1.[Na+].[SH-]. The molecule has 0 spiro atoms. The molecule has 0 radical (unpaired) electrons. The quantitative estimate of drug-likeness (QED) is 0.0147. The zero-order chi connectivity index (χ0) is 65.6. The average molecular weight is 1320 g/mol. The molecule has 6 N–H and O–H groups in total. The predicted molar refractivity (Wildman–Crippen MR) is 290 cm³/mol. The first-order valence-electron chi connectivity index (χ1n) is 24.1. The van der Waals surface area contributed by atoms with Crippen LogP contribution in [0.15, 0.2) is 97.1 Å². The Morgan fingerprint density at radius 3 is 1.33 bits per heavy atom. The van der Waals surface area contributed by atoms with Crippen LogP contribution in [0.2, 0.25) is 0 Å². The number of thiocarbonyl (C=S) groups is 1. The number of H-pyrrole nitrogens is 2. The minimum Gasteiger partial charge on any atom is -0.813 e. The van der Waals surface area contributed by atoms with Crippen LogP contribution in [0, 0.1) is 39.0 Å². The number of aryl methyl sites for hydroxylation is 4. The Bertz CT molecular complexity index is 3600. The van der Waals surface area contributed by atoms with Gasteiger partial charge < -0.3 is 39.3 Å². The van der Waals surface area contributed by atoms with E-state index in [4.69, 9.17) is 16.1 Å². The van der Waals surface area contributed by atoms with E-state index in [0.29, 0.717) is 22.3 Å². The van der Waals surface area contributed by atoms with Crippen LogP contribution in [0.1, 0.15) is 67.3 Å². The van der Waals surface area contributed by atoms with Crippen molar-refractivity contribution in [3.8, 4) is 28.8 Å². The number of carboxylic acids is 1. The van der Waals surface area contributed by atoms with Crippen LogP contribution in [0.5, 0.6) is 0 Å². The summed E-state index contributed by atoms with van der Waals surface area (Å²) in [5.74, 6) is -7.82. The van der Waals surface area contributed by atoms with Crippen molar-refractivity contribution in [3.63, 3.8) is 0 Å². The van der Waals surface area contributed by atoms with Gasteiger partial charge in [-0.25, -0.2) is 41.9 Å². The number of amides is 1. The predicted octanol–water partition coefficient (Wildman–Crippen LogP) is 8.30. The molecule has 472 valence electrons. The Hall–Kier alpha value is -7.97. The van der Waals surface area contributed by atoms with Crippen LogP contribution in [0.4, 0.5) is 70.2 Å². The number of nitriles is 1. The van der Waals surface area contributed by atoms with Crippen LogP contribution in [0.25, 0.3) is 34.9 Å². The largest absolute Gasteiger partial charge is 1.00 e. The monoisotopic (exact) mass is 1320 g/mol. The van der Waals surface area contributed by atoms with Crippen LogP contribution in [-0.4, -0.2) is 107 Å². The maximum Gasteiger partial charge on any atom is 1.00 e. The molecule has 3 aliphatic rings. The van der Waals surface area contributed by atoms with Gasteiger partial charge >= 0.3 is 72.2 Å². The second-order valence-electron chi connectivity index (χ2n) is 18.5. The van der Waals surface area contributed by atoms with Gasteiger partial charge in [0.15, 0.2) is 11.6 Å². The van der Waals surface area contributed by atoms with Crippen LogP contribution < -0.4 is 40.6 Å². The number of ether oxygens (including phenoxy) is 1. The number of rotatable bonds is 7. The van der Waals surface area contributed by atoms with Gasteiger partial charge in [0.1, 0.15) is 16.6 Å². The number of nitrogens with one attached hydrogen (secondary N) is 3. The summed E-state index contributed by atoms with van der Waals surface area (Å²) in [5.41, 5.74) is 4.55. The second-order valence-corrected chi connectivity index (χ2v) is 18.9. The summed E-state index contributed by atoms with van der Waals surface area (Å²) in [4.78, 5) is 50.8. The molecule has 0 unspecified atom stereocenters. The minimum atomic E-state index is -4.49. The number of cyclic esters (lactones) is 2. The molecule has 2 saturated heterocycles. The zero-order valence-electron chi connectivity index (χ0n) is 46.4. The fourth-order valence-corrected chi connectivity index (χ4v) is 7.02. The number of aromatic amines is 2. The van der Waals surface area contributed by atoms with E-state index >= 15 is 0 Å². The van der Waals surface area contributed by atoms with E-state index in [0.717, 1.165) is 77.7 Å². The van der Waals surface area contributed by atoms with E-state index in [1.54, 1.807) is 13.0 Å². The molecule has 1 amide bonds. The molecule has 16 nitrogen and oxygen atoms in total. The van der Waals surface area contributed by atoms with E-state index in [-0.39, 0.29) is 107 Å². The summed E-state index contributed by atoms with van der Waals surface area (Å²) in [6.07, 6.45) is -11.2. The number of hydrogen-bond donors (Lipinski definition) is 5. The van der Waals surface area contributed by atoms with Gasteiger partial charge in [-0.3, -0.25) is 15.0 Å². The number of carbonyl (C=O) groups is 4. The number of likely N-dealkylation sites (tertiary alicyclic amines) is 1. The second kappa shape index (κ2) is 32.0. The number of aliphatic carboxylic acids is 1. The molecule has 2 fully saturated rings. The first kappa shape index (κ1) is 77.1. The average Bonchev–Trinajstić information content (AvgIpc) is 3.47.